The van der Waals surface area contributed by atoms with Crippen molar-refractivity contribution in [3.8, 4) is 0 Å². The molecule has 36 nitrogen and oxygen atoms in total. The van der Waals surface area contributed by atoms with Crippen molar-refractivity contribution in [3.63, 3.8) is 0 Å². The van der Waals surface area contributed by atoms with Crippen molar-refractivity contribution < 1.29 is 180 Å². The van der Waals surface area contributed by atoms with Crippen LogP contribution < -0.4 is 0 Å². The van der Waals surface area contributed by atoms with E-state index in [9.17, 15) is 91.3 Å². The van der Waals surface area contributed by atoms with E-state index in [1.165, 1.54) is 0 Å². The van der Waals surface area contributed by atoms with Crippen LogP contribution in [0.25, 0.3) is 0 Å². The second-order valence-corrected chi connectivity index (χ2v) is 17.7. The molecular weight excluding hydrogens is 1060 g/mol. The van der Waals surface area contributed by atoms with Crippen molar-refractivity contribution in [2.24, 2.45) is 0 Å². The van der Waals surface area contributed by atoms with Crippen molar-refractivity contribution in [1.82, 2.24) is 0 Å². The first kappa shape index (κ1) is 67.9. The fourth-order valence-electron chi connectivity index (χ4n) is 7.99. The Hall–Kier alpha value is -2.34. The second kappa shape index (κ2) is 29.9. The molecule has 10 unspecified atom stereocenters. The zero-order chi connectivity index (χ0) is 57.9. The Bertz CT molecular complexity index is 1710. The van der Waals surface area contributed by atoms with Crippen LogP contribution in [0, 0.1) is 0 Å². The Morgan fingerprint density at radius 1 is 0.355 bits per heavy atom. The van der Waals surface area contributed by atoms with Gasteiger partial charge in [-0.1, -0.05) is 0 Å². The van der Waals surface area contributed by atoms with Gasteiger partial charge in [0.2, 0.25) is 17.9 Å². The largest absolute Gasteiger partial charge is 0.454 e. The lowest BCUT2D eigenvalue weighted by Gasteiger charge is -2.43. The minimum Gasteiger partial charge on any atom is -0.454 e. The number of carbonyl (C=O) groups is 2. The number of hydrogen-bond donors (Lipinski definition) is 24. The smallest absolute Gasteiger partial charge is 0.305 e. The van der Waals surface area contributed by atoms with E-state index in [4.69, 9.17) is 78.7 Å². The highest BCUT2D eigenvalue weighted by Crippen LogP contribution is 2.39. The molecule has 448 valence electrons. The summed E-state index contributed by atoms with van der Waals surface area (Å²) in [5, 5.41) is 226. The van der Waals surface area contributed by atoms with Gasteiger partial charge in [0, 0.05) is 13.8 Å². The first-order valence-corrected chi connectivity index (χ1v) is 23.0. The minimum absolute atomic E-state index is 0.526. The zero-order valence-corrected chi connectivity index (χ0v) is 40.3. The lowest BCUT2D eigenvalue weighted by Crippen LogP contribution is -2.63. The van der Waals surface area contributed by atoms with Crippen LogP contribution in [-0.4, -0.2) is 358 Å². The zero-order valence-electron chi connectivity index (χ0n) is 40.3. The molecule has 0 aromatic carbocycles. The molecule has 6 saturated heterocycles. The Kier molecular flexibility index (Phi) is 26.8. The molecule has 0 aromatic rings. The molecule has 0 radical (unpaired) electrons. The van der Waals surface area contributed by atoms with Crippen LogP contribution in [0.1, 0.15) is 13.8 Å². The van der Waals surface area contributed by atoms with Gasteiger partial charge in [0.05, 0.1) is 39.6 Å². The van der Waals surface area contributed by atoms with Crippen molar-refractivity contribution in [3.05, 3.63) is 0 Å². The first-order chi connectivity index (χ1) is 35.6. The summed E-state index contributed by atoms with van der Waals surface area (Å²) in [7, 11) is 0. The van der Waals surface area contributed by atoms with Gasteiger partial charge in [-0.15, -0.1) is 0 Å². The van der Waals surface area contributed by atoms with E-state index in [1.807, 2.05) is 0 Å². The summed E-state index contributed by atoms with van der Waals surface area (Å²) in [4.78, 5) is 21.9. The SMILES string of the molecule is CC(=O)O[C@@H]1C(O)[C@@H](CO)O[C@@]1(CO)O[C@@H]1OC(CO)[C@@H](O)[C@@H](O)C1O.CC(=O)O[C@@H]1OC(CO)[C@@H](O)[C@@H](O)C1O.OCC1O[C@@H](O)C(O)[C@H](O)[C@@H]1O.OCC1O[C@@H](O[C@]2(CO)O[C@H](CO)C(O)[C@H]2O)C(O)[C@H](O)[C@@H]1O. The Balaban J connectivity index is 0.000000278. The summed E-state index contributed by atoms with van der Waals surface area (Å²) < 4.78 is 50.3. The van der Waals surface area contributed by atoms with Gasteiger partial charge in [-0.2, -0.15) is 0 Å². The maximum Gasteiger partial charge on any atom is 0.305 e. The molecule has 28 atom stereocenters. The number of hydrogen-bond acceptors (Lipinski definition) is 36. The standard InChI is InChI=1S/C14H24O12.C12H22O11.C8H14O7.C6H12O6/c1-5(18)23-12-9(20)7(3-16)25-14(12,4-17)26-13-11(22)10(21)8(19)6(2-15)24-13;13-1-4-6(16)8(18)9(19)11(21-4)23-12(3-15)10(20)7(17)5(2-14)22-12;1-3(10)14-8-7(13)6(12)5(11)4(2-9)15-8;7-1-2-3(8)4(9)5(10)6(11)12-2/h6-13,15-17,19-22H,2-4H2,1H3;4-11,13-20H,1-3H2;4-9,11-13H,2H2,1H3;2-11H,1H2/t6?,7-,8-,9?,10-,11?,12-,13+,14+;4?,5-,6-,7?,8-,9?,10-,11+,12+;4?,5-,6-,7?,8-;2?,3-,4-,5?,6-/m1111/s1. The summed E-state index contributed by atoms with van der Waals surface area (Å²) in [6, 6.07) is 0. The third-order valence-electron chi connectivity index (χ3n) is 12.4. The number of ether oxygens (including phenoxy) is 10. The molecule has 6 fully saturated rings. The van der Waals surface area contributed by atoms with Crippen LogP contribution in [-0.2, 0) is 57.0 Å². The highest BCUT2D eigenvalue weighted by molar-refractivity contribution is 5.66. The van der Waals surface area contributed by atoms with E-state index in [-0.39, 0.29) is 0 Å². The average Bonchev–Trinajstić information content (AvgIpc) is 3.80. The van der Waals surface area contributed by atoms with Gasteiger partial charge in [-0.25, -0.2) is 0 Å². The summed E-state index contributed by atoms with van der Waals surface area (Å²) in [5.41, 5.74) is 0. The van der Waals surface area contributed by atoms with Gasteiger partial charge in [0.1, 0.15) is 141 Å². The molecule has 6 heterocycles. The summed E-state index contributed by atoms with van der Waals surface area (Å²) >= 11 is 0. The highest BCUT2D eigenvalue weighted by atomic mass is 16.8. The Labute approximate surface area is 428 Å². The third kappa shape index (κ3) is 15.6. The van der Waals surface area contributed by atoms with Crippen molar-refractivity contribution >= 4 is 11.9 Å². The van der Waals surface area contributed by atoms with E-state index < -0.39 is 236 Å². The molecule has 6 aliphatic heterocycles. The van der Waals surface area contributed by atoms with Crippen LogP contribution in [0.15, 0.2) is 0 Å². The predicted molar refractivity (Wildman–Crippen MR) is 228 cm³/mol. The normalized spacial score (nSPS) is 47.2. The highest BCUT2D eigenvalue weighted by Gasteiger charge is 2.61. The van der Waals surface area contributed by atoms with Crippen LogP contribution in [0.3, 0.4) is 0 Å². The lowest BCUT2D eigenvalue weighted by molar-refractivity contribution is -0.383. The minimum atomic E-state index is -2.23. The van der Waals surface area contributed by atoms with Crippen LogP contribution >= 0.6 is 0 Å². The molecule has 0 aliphatic carbocycles. The number of carbonyl (C=O) groups excluding carboxylic acids is 2. The second-order valence-electron chi connectivity index (χ2n) is 17.7. The predicted octanol–water partition coefficient (Wildman–Crippen LogP) is -16.1. The molecule has 76 heavy (non-hydrogen) atoms. The van der Waals surface area contributed by atoms with Gasteiger partial charge < -0.3 is 170 Å². The molecule has 0 bridgehead atoms. The molecule has 0 aromatic heterocycles. The van der Waals surface area contributed by atoms with E-state index in [1.54, 1.807) is 0 Å². The number of aliphatic hydroxyl groups excluding tert-OH is 24. The van der Waals surface area contributed by atoms with Gasteiger partial charge in [0.15, 0.2) is 25.0 Å². The van der Waals surface area contributed by atoms with E-state index in [0.29, 0.717) is 0 Å². The van der Waals surface area contributed by atoms with E-state index in [0.717, 1.165) is 13.8 Å². The average molecular weight is 1130 g/mol. The van der Waals surface area contributed by atoms with Gasteiger partial charge in [-0.05, 0) is 0 Å². The number of aliphatic hydroxyl groups is 24. The van der Waals surface area contributed by atoms with Crippen molar-refractivity contribution in [2.75, 3.05) is 52.9 Å². The van der Waals surface area contributed by atoms with Crippen molar-refractivity contribution in [2.45, 2.75) is 185 Å². The van der Waals surface area contributed by atoms with Gasteiger partial charge >= 0.3 is 11.9 Å². The molecule has 0 saturated carbocycles. The molecule has 36 heteroatoms. The lowest BCUT2D eigenvalue weighted by atomic mass is 9.99. The van der Waals surface area contributed by atoms with Gasteiger partial charge in [0.25, 0.3) is 0 Å². The van der Waals surface area contributed by atoms with E-state index in [2.05, 4.69) is 9.47 Å². The third-order valence-corrected chi connectivity index (χ3v) is 12.4. The van der Waals surface area contributed by atoms with Crippen LogP contribution in [0.4, 0.5) is 0 Å². The van der Waals surface area contributed by atoms with Gasteiger partial charge in [-0.3, -0.25) is 9.59 Å². The fraction of sp³-hybridized carbons (Fsp3) is 0.950. The maximum atomic E-state index is 11.3. The molecule has 0 spiro atoms. The van der Waals surface area contributed by atoms with Crippen LogP contribution in [0.5, 0.6) is 0 Å². The first-order valence-electron chi connectivity index (χ1n) is 23.0. The molecule has 0 amide bonds. The number of rotatable bonds is 14. The summed E-state index contributed by atoms with van der Waals surface area (Å²) in [6.07, 6.45) is -39.3. The molecular formula is C40H72O36. The summed E-state index contributed by atoms with van der Waals surface area (Å²) in [5.74, 6) is -5.99. The topological polar surface area (TPSA) is 612 Å². The molecule has 6 rings (SSSR count). The molecule has 6 aliphatic rings. The Morgan fingerprint density at radius 2 is 0.671 bits per heavy atom. The van der Waals surface area contributed by atoms with E-state index >= 15 is 0 Å². The quantitative estimate of drug-likeness (QED) is 0.0718. The van der Waals surface area contributed by atoms with Crippen LogP contribution in [0.2, 0.25) is 0 Å². The monoisotopic (exact) mass is 1130 g/mol. The fourth-order valence-corrected chi connectivity index (χ4v) is 7.99. The Morgan fingerprint density at radius 3 is 1.03 bits per heavy atom. The molecule has 24 N–H and O–H groups in total. The maximum absolute atomic E-state index is 11.3. The number of esters is 2. The van der Waals surface area contributed by atoms with Crippen molar-refractivity contribution in [1.29, 1.82) is 0 Å². The summed E-state index contributed by atoms with van der Waals surface area (Å²) in [6.45, 7) is -3.64.